The lowest BCUT2D eigenvalue weighted by molar-refractivity contribution is -0.158. The van der Waals surface area contributed by atoms with Crippen molar-refractivity contribution in [1.29, 1.82) is 0 Å². The zero-order chi connectivity index (χ0) is 15.3. The SMILES string of the molecule is CC(C)[C@@H](NC(=O)NC1CCCC1)C(=O)OC(C)(C)C. The van der Waals surface area contributed by atoms with E-state index in [1.54, 1.807) is 0 Å². The molecule has 1 aliphatic rings. The molecule has 1 aliphatic carbocycles. The fourth-order valence-electron chi connectivity index (χ4n) is 2.30. The number of hydrogen-bond donors (Lipinski definition) is 2. The van der Waals surface area contributed by atoms with Gasteiger partial charge in [-0.3, -0.25) is 0 Å². The lowest BCUT2D eigenvalue weighted by atomic mass is 10.0. The Hall–Kier alpha value is -1.26. The highest BCUT2D eigenvalue weighted by molar-refractivity contribution is 5.84. The molecule has 1 rings (SSSR count). The van der Waals surface area contributed by atoms with Gasteiger partial charge in [-0.25, -0.2) is 9.59 Å². The normalized spacial score (nSPS) is 17.9. The number of rotatable bonds is 4. The molecule has 0 aromatic carbocycles. The fraction of sp³-hybridized carbons (Fsp3) is 0.867. The maximum atomic E-state index is 12.1. The minimum atomic E-state index is -0.615. The van der Waals surface area contributed by atoms with Gasteiger partial charge in [-0.05, 0) is 39.5 Å². The second-order valence-electron chi connectivity index (χ2n) is 6.85. The third-order valence-corrected chi connectivity index (χ3v) is 3.30. The van der Waals surface area contributed by atoms with E-state index in [2.05, 4.69) is 10.6 Å². The van der Waals surface area contributed by atoms with Crippen LogP contribution in [0.1, 0.15) is 60.3 Å². The van der Waals surface area contributed by atoms with Gasteiger partial charge in [0.25, 0.3) is 0 Å². The zero-order valence-corrected chi connectivity index (χ0v) is 13.3. The molecule has 0 radical (unpaired) electrons. The van der Waals surface area contributed by atoms with Crippen LogP contribution in [0.2, 0.25) is 0 Å². The van der Waals surface area contributed by atoms with Crippen LogP contribution in [0.4, 0.5) is 4.79 Å². The molecule has 0 unspecified atom stereocenters. The summed E-state index contributed by atoms with van der Waals surface area (Å²) in [5.41, 5.74) is -0.548. The van der Waals surface area contributed by atoms with Crippen molar-refractivity contribution >= 4 is 12.0 Å². The van der Waals surface area contributed by atoms with Crippen LogP contribution in [0.5, 0.6) is 0 Å². The van der Waals surface area contributed by atoms with Crippen molar-refractivity contribution < 1.29 is 14.3 Å². The van der Waals surface area contributed by atoms with Crippen LogP contribution in [0.25, 0.3) is 0 Å². The Kier molecular flexibility index (Phi) is 5.84. The average Bonchev–Trinajstić information content (AvgIpc) is 2.75. The number of esters is 1. The van der Waals surface area contributed by atoms with Gasteiger partial charge in [-0.1, -0.05) is 26.7 Å². The summed E-state index contributed by atoms with van der Waals surface area (Å²) in [5, 5.41) is 5.67. The summed E-state index contributed by atoms with van der Waals surface area (Å²) in [6.07, 6.45) is 4.35. The molecule has 0 saturated heterocycles. The van der Waals surface area contributed by atoms with Crippen molar-refractivity contribution in [3.8, 4) is 0 Å². The summed E-state index contributed by atoms with van der Waals surface area (Å²) in [7, 11) is 0. The van der Waals surface area contributed by atoms with Gasteiger partial charge >= 0.3 is 12.0 Å². The summed E-state index contributed by atoms with van der Waals surface area (Å²) in [4.78, 5) is 24.1. The molecule has 0 spiro atoms. The van der Waals surface area contributed by atoms with E-state index in [4.69, 9.17) is 4.74 Å². The van der Waals surface area contributed by atoms with Gasteiger partial charge in [0.2, 0.25) is 0 Å². The Balaban J connectivity index is 2.53. The highest BCUT2D eigenvalue weighted by Crippen LogP contribution is 2.17. The lowest BCUT2D eigenvalue weighted by Crippen LogP contribution is -2.52. The van der Waals surface area contributed by atoms with Crippen LogP contribution in [-0.2, 0) is 9.53 Å². The van der Waals surface area contributed by atoms with Gasteiger partial charge in [0.05, 0.1) is 0 Å². The van der Waals surface area contributed by atoms with E-state index in [-0.39, 0.29) is 24.0 Å². The summed E-state index contributed by atoms with van der Waals surface area (Å²) < 4.78 is 5.35. The summed E-state index contributed by atoms with van der Waals surface area (Å²) in [6, 6.07) is -0.654. The predicted molar refractivity (Wildman–Crippen MR) is 78.4 cm³/mol. The number of nitrogens with one attached hydrogen (secondary N) is 2. The predicted octanol–water partition coefficient (Wildman–Crippen LogP) is 2.59. The van der Waals surface area contributed by atoms with Gasteiger partial charge in [-0.2, -0.15) is 0 Å². The van der Waals surface area contributed by atoms with Crippen molar-refractivity contribution in [2.75, 3.05) is 0 Å². The highest BCUT2D eigenvalue weighted by atomic mass is 16.6. The van der Waals surface area contributed by atoms with E-state index in [9.17, 15) is 9.59 Å². The first kappa shape index (κ1) is 16.8. The zero-order valence-electron chi connectivity index (χ0n) is 13.3. The van der Waals surface area contributed by atoms with Crippen LogP contribution < -0.4 is 10.6 Å². The maximum Gasteiger partial charge on any atom is 0.329 e. The van der Waals surface area contributed by atoms with Gasteiger partial charge in [0.1, 0.15) is 11.6 Å². The van der Waals surface area contributed by atoms with Crippen molar-refractivity contribution in [2.45, 2.75) is 78.0 Å². The Labute approximate surface area is 121 Å². The molecule has 1 saturated carbocycles. The van der Waals surface area contributed by atoms with Crippen molar-refractivity contribution in [3.05, 3.63) is 0 Å². The van der Waals surface area contributed by atoms with E-state index in [1.165, 1.54) is 0 Å². The molecule has 0 aromatic rings. The van der Waals surface area contributed by atoms with Gasteiger partial charge in [-0.15, -0.1) is 0 Å². The number of ether oxygens (including phenoxy) is 1. The van der Waals surface area contributed by atoms with Crippen LogP contribution in [0.15, 0.2) is 0 Å². The molecular weight excluding hydrogens is 256 g/mol. The molecule has 0 aromatic heterocycles. The summed E-state index contributed by atoms with van der Waals surface area (Å²) in [6.45, 7) is 9.25. The Bertz CT molecular complexity index is 342. The second kappa shape index (κ2) is 6.95. The Morgan fingerprint density at radius 3 is 2.15 bits per heavy atom. The molecule has 116 valence electrons. The summed E-state index contributed by atoms with van der Waals surface area (Å²) in [5.74, 6) is -0.395. The average molecular weight is 284 g/mol. The van der Waals surface area contributed by atoms with Crippen LogP contribution in [-0.4, -0.2) is 29.7 Å². The standard InChI is InChI=1S/C15H28N2O3/c1-10(2)12(13(18)20-15(3,4)5)17-14(19)16-11-8-6-7-9-11/h10-12H,6-9H2,1-5H3,(H2,16,17,19)/t12-/m1/s1. The first-order valence-corrected chi connectivity index (χ1v) is 7.49. The number of amides is 2. The maximum absolute atomic E-state index is 12.1. The molecule has 2 amide bonds. The fourth-order valence-corrected chi connectivity index (χ4v) is 2.30. The van der Waals surface area contributed by atoms with E-state index < -0.39 is 11.6 Å². The van der Waals surface area contributed by atoms with Crippen molar-refractivity contribution in [3.63, 3.8) is 0 Å². The molecule has 5 nitrogen and oxygen atoms in total. The molecule has 20 heavy (non-hydrogen) atoms. The first-order chi connectivity index (χ1) is 9.19. The molecular formula is C15H28N2O3. The first-order valence-electron chi connectivity index (χ1n) is 7.49. The lowest BCUT2D eigenvalue weighted by Gasteiger charge is -2.27. The van der Waals surface area contributed by atoms with E-state index in [1.807, 2.05) is 34.6 Å². The number of urea groups is 1. The highest BCUT2D eigenvalue weighted by Gasteiger charge is 2.29. The summed E-state index contributed by atoms with van der Waals surface area (Å²) >= 11 is 0. The van der Waals surface area contributed by atoms with Crippen molar-refractivity contribution in [1.82, 2.24) is 10.6 Å². The second-order valence-corrected chi connectivity index (χ2v) is 6.85. The molecule has 2 N–H and O–H groups in total. The quantitative estimate of drug-likeness (QED) is 0.780. The largest absolute Gasteiger partial charge is 0.458 e. The van der Waals surface area contributed by atoms with Gasteiger partial charge in [0.15, 0.2) is 0 Å². The molecule has 1 fully saturated rings. The monoisotopic (exact) mass is 284 g/mol. The van der Waals surface area contributed by atoms with Crippen LogP contribution >= 0.6 is 0 Å². The third kappa shape index (κ3) is 5.80. The van der Waals surface area contributed by atoms with Crippen molar-refractivity contribution in [2.24, 2.45) is 5.92 Å². The number of carbonyl (C=O) groups is 2. The Morgan fingerprint density at radius 1 is 1.15 bits per heavy atom. The van der Waals surface area contributed by atoms with E-state index >= 15 is 0 Å². The minimum Gasteiger partial charge on any atom is -0.458 e. The van der Waals surface area contributed by atoms with Gasteiger partial charge < -0.3 is 15.4 Å². The van der Waals surface area contributed by atoms with Crippen LogP contribution in [0.3, 0.4) is 0 Å². The minimum absolute atomic E-state index is 0.0146. The molecule has 5 heteroatoms. The molecule has 0 bridgehead atoms. The Morgan fingerprint density at radius 2 is 1.70 bits per heavy atom. The van der Waals surface area contributed by atoms with Crippen LogP contribution in [0, 0.1) is 5.92 Å². The topological polar surface area (TPSA) is 67.4 Å². The molecule has 0 aliphatic heterocycles. The van der Waals surface area contributed by atoms with E-state index in [0.29, 0.717) is 0 Å². The van der Waals surface area contributed by atoms with Gasteiger partial charge in [0, 0.05) is 6.04 Å². The number of carbonyl (C=O) groups excluding carboxylic acids is 2. The third-order valence-electron chi connectivity index (χ3n) is 3.30. The number of hydrogen-bond acceptors (Lipinski definition) is 3. The molecule has 0 heterocycles. The smallest absolute Gasteiger partial charge is 0.329 e. The molecule has 1 atom stereocenters. The van der Waals surface area contributed by atoms with E-state index in [0.717, 1.165) is 25.7 Å².